The summed E-state index contributed by atoms with van der Waals surface area (Å²) in [6.07, 6.45) is 2.05. The van der Waals surface area contributed by atoms with Crippen molar-refractivity contribution in [3.8, 4) is 11.5 Å². The second-order valence-electron chi connectivity index (χ2n) is 4.09. The number of benzene rings is 1. The number of hydrogen-bond donors (Lipinski definition) is 0. The molecule has 0 radical (unpaired) electrons. The van der Waals surface area contributed by atoms with Crippen LogP contribution in [0.5, 0.6) is 11.5 Å². The van der Waals surface area contributed by atoms with Crippen LogP contribution < -0.4 is 13.9 Å². The second kappa shape index (κ2) is 4.18. The minimum Gasteiger partial charge on any atom is -0.493 e. The van der Waals surface area contributed by atoms with Crippen molar-refractivity contribution in [3.63, 3.8) is 0 Å². The van der Waals surface area contributed by atoms with Gasteiger partial charge in [0.1, 0.15) is 0 Å². The highest BCUT2D eigenvalue weighted by molar-refractivity contribution is 5.81. The Balaban J connectivity index is 2.43. The predicted octanol–water partition coefficient (Wildman–Crippen LogP) is 2.60. The van der Waals surface area contributed by atoms with Gasteiger partial charge in [0, 0.05) is 18.2 Å². The van der Waals surface area contributed by atoms with Gasteiger partial charge in [0.2, 0.25) is 11.0 Å². The summed E-state index contributed by atoms with van der Waals surface area (Å²) in [7, 11) is 3.30. The van der Waals surface area contributed by atoms with Gasteiger partial charge in [0.05, 0.1) is 25.7 Å². The molecule has 0 bridgehead atoms. The molecule has 0 aliphatic rings. The molecule has 0 atom stereocenters. The van der Waals surface area contributed by atoms with E-state index in [0.717, 1.165) is 27.9 Å². The van der Waals surface area contributed by atoms with Crippen LogP contribution in [0.3, 0.4) is 0 Å². The zero-order valence-corrected chi connectivity index (χ0v) is 10.4. The maximum Gasteiger partial charge on any atom is 0.222 e. The Morgan fingerprint density at radius 1 is 0.889 bits per heavy atom. The van der Waals surface area contributed by atoms with Gasteiger partial charge in [0.25, 0.3) is 0 Å². The van der Waals surface area contributed by atoms with Crippen LogP contribution in [-0.2, 0) is 0 Å². The number of hydrogen-bond acceptors (Lipinski definition) is 2. The van der Waals surface area contributed by atoms with Crippen LogP contribution in [0.2, 0.25) is 0 Å². The van der Waals surface area contributed by atoms with E-state index in [2.05, 4.69) is 22.6 Å². The summed E-state index contributed by atoms with van der Waals surface area (Å²) in [5, 5.41) is 1.12. The van der Waals surface area contributed by atoms with Crippen LogP contribution in [0.15, 0.2) is 48.7 Å². The van der Waals surface area contributed by atoms with Crippen molar-refractivity contribution in [1.82, 2.24) is 0 Å². The topological polar surface area (TPSA) is 22.6 Å². The van der Waals surface area contributed by atoms with E-state index in [1.165, 1.54) is 0 Å². The lowest BCUT2D eigenvalue weighted by atomic mass is 10.1. The maximum atomic E-state index is 5.35. The van der Waals surface area contributed by atoms with Crippen LogP contribution in [-0.4, -0.2) is 14.2 Å². The summed E-state index contributed by atoms with van der Waals surface area (Å²) in [4.78, 5) is 0. The SMILES string of the molecule is COc1cc2ccc3cccc[n+]3c2cc1OC. The van der Waals surface area contributed by atoms with Crippen molar-refractivity contribution in [1.29, 1.82) is 0 Å². The first-order valence-corrected chi connectivity index (χ1v) is 5.78. The van der Waals surface area contributed by atoms with Crippen molar-refractivity contribution in [3.05, 3.63) is 48.7 Å². The summed E-state index contributed by atoms with van der Waals surface area (Å²) >= 11 is 0. The monoisotopic (exact) mass is 240 g/mol. The van der Waals surface area contributed by atoms with Crippen molar-refractivity contribution in [2.24, 2.45) is 0 Å². The smallest absolute Gasteiger partial charge is 0.222 e. The first-order valence-electron chi connectivity index (χ1n) is 5.78. The molecule has 2 aromatic heterocycles. The van der Waals surface area contributed by atoms with Gasteiger partial charge in [-0.2, -0.15) is 4.40 Å². The lowest BCUT2D eigenvalue weighted by Gasteiger charge is -2.07. The largest absolute Gasteiger partial charge is 0.493 e. The standard InChI is InChI=1S/C15H14NO2/c1-17-14-9-11-6-7-12-5-3-4-8-16(12)13(11)10-15(14)18-2/h3-10H,1-2H3/q+1. The van der Waals surface area contributed by atoms with Gasteiger partial charge in [-0.15, -0.1) is 0 Å². The van der Waals surface area contributed by atoms with E-state index in [9.17, 15) is 0 Å². The number of methoxy groups -OCH3 is 2. The normalized spacial score (nSPS) is 10.8. The Morgan fingerprint density at radius 2 is 1.67 bits per heavy atom. The molecule has 2 heterocycles. The van der Waals surface area contributed by atoms with Gasteiger partial charge in [-0.1, -0.05) is 0 Å². The summed E-state index contributed by atoms with van der Waals surface area (Å²) in [5.41, 5.74) is 2.25. The highest BCUT2D eigenvalue weighted by Gasteiger charge is 2.13. The first kappa shape index (κ1) is 10.8. The molecule has 0 aliphatic heterocycles. The summed E-state index contributed by atoms with van der Waals surface area (Å²) in [6.45, 7) is 0. The molecule has 0 aliphatic carbocycles. The molecule has 0 N–H and O–H groups in total. The van der Waals surface area contributed by atoms with Gasteiger partial charge in [0.15, 0.2) is 17.7 Å². The van der Waals surface area contributed by atoms with Crippen LogP contribution in [0.25, 0.3) is 16.4 Å². The van der Waals surface area contributed by atoms with Gasteiger partial charge in [-0.25, -0.2) is 0 Å². The molecule has 90 valence electrons. The van der Waals surface area contributed by atoms with E-state index < -0.39 is 0 Å². The van der Waals surface area contributed by atoms with Crippen LogP contribution in [0, 0.1) is 0 Å². The third-order valence-corrected chi connectivity index (χ3v) is 3.12. The number of nitrogens with zero attached hydrogens (tertiary/aromatic N) is 1. The lowest BCUT2D eigenvalue weighted by molar-refractivity contribution is -0.481. The molecule has 3 aromatic rings. The highest BCUT2D eigenvalue weighted by atomic mass is 16.5. The van der Waals surface area contributed by atoms with Gasteiger partial charge in [-0.3, -0.25) is 0 Å². The van der Waals surface area contributed by atoms with E-state index in [0.29, 0.717) is 0 Å². The minimum atomic E-state index is 0.744. The maximum absolute atomic E-state index is 5.35. The van der Waals surface area contributed by atoms with Gasteiger partial charge in [-0.05, 0) is 18.2 Å². The molecule has 18 heavy (non-hydrogen) atoms. The molecule has 0 saturated carbocycles. The fourth-order valence-electron chi connectivity index (χ4n) is 2.21. The summed E-state index contributed by atoms with van der Waals surface area (Å²) < 4.78 is 12.8. The quantitative estimate of drug-likeness (QED) is 0.507. The van der Waals surface area contributed by atoms with Crippen molar-refractivity contribution >= 4 is 16.4 Å². The molecule has 3 nitrogen and oxygen atoms in total. The number of aromatic nitrogens is 1. The number of ether oxygens (including phenoxy) is 2. The fourth-order valence-corrected chi connectivity index (χ4v) is 2.21. The average Bonchev–Trinajstić information content (AvgIpc) is 2.45. The molecular weight excluding hydrogens is 226 g/mol. The van der Waals surface area contributed by atoms with Gasteiger partial charge >= 0.3 is 0 Å². The van der Waals surface area contributed by atoms with Crippen LogP contribution in [0.1, 0.15) is 0 Å². The zero-order chi connectivity index (χ0) is 12.5. The molecule has 0 amide bonds. The first-order chi connectivity index (χ1) is 8.83. The zero-order valence-electron chi connectivity index (χ0n) is 10.4. The van der Waals surface area contributed by atoms with E-state index in [4.69, 9.17) is 9.47 Å². The molecule has 3 rings (SSSR count). The average molecular weight is 240 g/mol. The molecule has 3 heteroatoms. The van der Waals surface area contributed by atoms with E-state index >= 15 is 0 Å². The van der Waals surface area contributed by atoms with Crippen molar-refractivity contribution in [2.45, 2.75) is 0 Å². The molecule has 0 fully saturated rings. The Labute approximate surface area is 105 Å². The Kier molecular flexibility index (Phi) is 2.52. The predicted molar refractivity (Wildman–Crippen MR) is 70.2 cm³/mol. The molecule has 0 unspecified atom stereocenters. The molecule has 0 spiro atoms. The van der Waals surface area contributed by atoms with E-state index in [1.54, 1.807) is 14.2 Å². The Hall–Kier alpha value is -2.29. The second-order valence-corrected chi connectivity index (χ2v) is 4.09. The van der Waals surface area contributed by atoms with Crippen molar-refractivity contribution < 1.29 is 13.9 Å². The number of pyridine rings is 2. The Bertz CT molecular complexity index is 722. The fraction of sp³-hybridized carbons (Fsp3) is 0.133. The molecule has 1 aromatic carbocycles. The highest BCUT2D eigenvalue weighted by Crippen LogP contribution is 2.30. The van der Waals surface area contributed by atoms with Crippen LogP contribution >= 0.6 is 0 Å². The molecule has 0 saturated heterocycles. The minimum absolute atomic E-state index is 0.744. The number of rotatable bonds is 2. The van der Waals surface area contributed by atoms with Gasteiger partial charge < -0.3 is 9.47 Å². The van der Waals surface area contributed by atoms with Crippen molar-refractivity contribution in [2.75, 3.05) is 14.2 Å². The Morgan fingerprint density at radius 3 is 2.44 bits per heavy atom. The summed E-state index contributed by atoms with van der Waals surface area (Å²) in [5.74, 6) is 1.50. The summed E-state index contributed by atoms with van der Waals surface area (Å²) in [6, 6.07) is 14.3. The molecular formula is C15H14NO2+. The van der Waals surface area contributed by atoms with E-state index in [1.807, 2.05) is 30.5 Å². The lowest BCUT2D eigenvalue weighted by Crippen LogP contribution is -2.21. The van der Waals surface area contributed by atoms with Crippen LogP contribution in [0.4, 0.5) is 0 Å². The van der Waals surface area contributed by atoms with E-state index in [-0.39, 0.29) is 0 Å². The number of fused-ring (bicyclic) bond motifs is 3. The third-order valence-electron chi connectivity index (χ3n) is 3.12. The third kappa shape index (κ3) is 1.56.